The normalized spacial score (nSPS) is 18.4. The van der Waals surface area contributed by atoms with Crippen LogP contribution >= 0.6 is 0 Å². The van der Waals surface area contributed by atoms with Gasteiger partial charge < -0.3 is 4.90 Å². The van der Waals surface area contributed by atoms with Crippen molar-refractivity contribution < 1.29 is 4.79 Å². The largest absolute Gasteiger partial charge is 0.342 e. The molecule has 0 bridgehead atoms. The van der Waals surface area contributed by atoms with Gasteiger partial charge in [-0.3, -0.25) is 4.79 Å². The number of carbonyl (C=O) groups is 1. The first-order chi connectivity index (χ1) is 9.74. The predicted molar refractivity (Wildman–Crippen MR) is 81.6 cm³/mol. The third-order valence-corrected chi connectivity index (χ3v) is 4.59. The molecule has 20 heavy (non-hydrogen) atoms. The highest BCUT2D eigenvalue weighted by atomic mass is 16.2. The van der Waals surface area contributed by atoms with Crippen LogP contribution in [0.3, 0.4) is 0 Å². The molecule has 0 unspecified atom stereocenters. The van der Waals surface area contributed by atoms with Crippen molar-refractivity contribution in [2.75, 3.05) is 13.1 Å². The Bertz CT molecular complexity index is 528. The number of amides is 1. The zero-order valence-corrected chi connectivity index (χ0v) is 12.3. The van der Waals surface area contributed by atoms with Crippen LogP contribution in [0.4, 0.5) is 0 Å². The number of hydrogen-bond donors (Lipinski definition) is 0. The topological polar surface area (TPSA) is 20.3 Å². The van der Waals surface area contributed by atoms with E-state index in [1.807, 2.05) is 0 Å². The Morgan fingerprint density at radius 1 is 1.05 bits per heavy atom. The SMILES string of the molecule is Cc1ccccc1CCC(=O)N1CCC(=C2CC2)CC1. The second-order valence-corrected chi connectivity index (χ2v) is 6.01. The van der Waals surface area contributed by atoms with Gasteiger partial charge in [0.25, 0.3) is 0 Å². The molecule has 0 radical (unpaired) electrons. The summed E-state index contributed by atoms with van der Waals surface area (Å²) in [6.45, 7) is 3.99. The van der Waals surface area contributed by atoms with E-state index < -0.39 is 0 Å². The molecule has 1 saturated carbocycles. The van der Waals surface area contributed by atoms with Gasteiger partial charge in [0.05, 0.1) is 0 Å². The number of piperidine rings is 1. The van der Waals surface area contributed by atoms with Crippen LogP contribution in [0.1, 0.15) is 43.2 Å². The van der Waals surface area contributed by atoms with Gasteiger partial charge in [-0.1, -0.05) is 35.4 Å². The maximum absolute atomic E-state index is 12.3. The summed E-state index contributed by atoms with van der Waals surface area (Å²) in [5, 5.41) is 0. The van der Waals surface area contributed by atoms with Crippen LogP contribution in [0.2, 0.25) is 0 Å². The molecule has 1 aromatic carbocycles. The average Bonchev–Trinajstić information content (AvgIpc) is 3.31. The monoisotopic (exact) mass is 269 g/mol. The van der Waals surface area contributed by atoms with Gasteiger partial charge in [-0.15, -0.1) is 0 Å². The van der Waals surface area contributed by atoms with Crippen LogP contribution in [0.15, 0.2) is 35.4 Å². The lowest BCUT2D eigenvalue weighted by Gasteiger charge is -2.28. The van der Waals surface area contributed by atoms with E-state index in [2.05, 4.69) is 36.1 Å². The van der Waals surface area contributed by atoms with E-state index in [9.17, 15) is 4.79 Å². The molecule has 2 heteroatoms. The first-order valence-corrected chi connectivity index (χ1v) is 7.76. The standard InChI is InChI=1S/C18H23NO/c1-14-4-2-3-5-15(14)8-9-18(20)19-12-10-17(11-13-19)16-6-7-16/h2-5H,6-13H2,1H3. The molecule has 0 spiro atoms. The van der Waals surface area contributed by atoms with Gasteiger partial charge in [-0.25, -0.2) is 0 Å². The fraction of sp³-hybridized carbons (Fsp3) is 0.500. The molecule has 0 aromatic heterocycles. The third-order valence-electron chi connectivity index (χ3n) is 4.59. The maximum atomic E-state index is 12.3. The lowest BCUT2D eigenvalue weighted by molar-refractivity contribution is -0.131. The summed E-state index contributed by atoms with van der Waals surface area (Å²) in [4.78, 5) is 14.3. The molecule has 1 amide bonds. The Balaban J connectivity index is 1.50. The summed E-state index contributed by atoms with van der Waals surface area (Å²) in [7, 11) is 0. The fourth-order valence-corrected chi connectivity index (χ4v) is 3.09. The number of benzene rings is 1. The lowest BCUT2D eigenvalue weighted by Crippen LogP contribution is -2.36. The van der Waals surface area contributed by atoms with Gasteiger partial charge in [0.2, 0.25) is 5.91 Å². The average molecular weight is 269 g/mol. The Kier molecular flexibility index (Phi) is 3.90. The summed E-state index contributed by atoms with van der Waals surface area (Å²) >= 11 is 0. The molecule has 1 saturated heterocycles. The Morgan fingerprint density at radius 3 is 2.35 bits per heavy atom. The quantitative estimate of drug-likeness (QED) is 0.767. The van der Waals surface area contributed by atoms with E-state index in [-0.39, 0.29) is 0 Å². The number of rotatable bonds is 3. The molecule has 1 aliphatic carbocycles. The lowest BCUT2D eigenvalue weighted by atomic mass is 10.0. The van der Waals surface area contributed by atoms with E-state index >= 15 is 0 Å². The van der Waals surface area contributed by atoms with Gasteiger partial charge >= 0.3 is 0 Å². The summed E-state index contributed by atoms with van der Waals surface area (Å²) < 4.78 is 0. The fourth-order valence-electron chi connectivity index (χ4n) is 3.09. The van der Waals surface area contributed by atoms with Gasteiger partial charge in [-0.05, 0) is 50.2 Å². The minimum atomic E-state index is 0.327. The molecule has 1 heterocycles. The van der Waals surface area contributed by atoms with Crippen LogP contribution in [0, 0.1) is 6.92 Å². The summed E-state index contributed by atoms with van der Waals surface area (Å²) in [6.07, 6.45) is 6.39. The highest BCUT2D eigenvalue weighted by molar-refractivity contribution is 5.76. The van der Waals surface area contributed by atoms with Crippen LogP contribution in [0.5, 0.6) is 0 Å². The minimum Gasteiger partial charge on any atom is -0.342 e. The Hall–Kier alpha value is -1.57. The van der Waals surface area contributed by atoms with Gasteiger partial charge in [0.1, 0.15) is 0 Å². The maximum Gasteiger partial charge on any atom is 0.222 e. The number of nitrogens with zero attached hydrogens (tertiary/aromatic N) is 1. The number of aryl methyl sites for hydroxylation is 2. The van der Waals surface area contributed by atoms with Crippen LogP contribution < -0.4 is 0 Å². The van der Waals surface area contributed by atoms with E-state index in [0.717, 1.165) is 32.4 Å². The molecule has 0 N–H and O–H groups in total. The number of carbonyl (C=O) groups excluding carboxylic acids is 1. The van der Waals surface area contributed by atoms with E-state index in [0.29, 0.717) is 12.3 Å². The molecule has 0 atom stereocenters. The number of allylic oxidation sites excluding steroid dienone is 1. The van der Waals surface area contributed by atoms with Gasteiger partial charge in [0, 0.05) is 19.5 Å². The van der Waals surface area contributed by atoms with E-state index in [4.69, 9.17) is 0 Å². The first-order valence-electron chi connectivity index (χ1n) is 7.76. The summed E-state index contributed by atoms with van der Waals surface area (Å²) in [5.41, 5.74) is 5.92. The second kappa shape index (κ2) is 5.82. The molecule has 2 nitrogen and oxygen atoms in total. The van der Waals surface area contributed by atoms with Crippen molar-refractivity contribution in [3.8, 4) is 0 Å². The van der Waals surface area contributed by atoms with Crippen molar-refractivity contribution in [1.82, 2.24) is 4.90 Å². The Morgan fingerprint density at radius 2 is 1.70 bits per heavy atom. The number of hydrogen-bond acceptors (Lipinski definition) is 1. The molecular weight excluding hydrogens is 246 g/mol. The van der Waals surface area contributed by atoms with Crippen LogP contribution in [0.25, 0.3) is 0 Å². The van der Waals surface area contributed by atoms with Crippen LogP contribution in [-0.2, 0) is 11.2 Å². The number of likely N-dealkylation sites (tertiary alicyclic amines) is 1. The molecule has 3 rings (SSSR count). The van der Waals surface area contributed by atoms with Crippen molar-refractivity contribution >= 4 is 5.91 Å². The molecule has 1 aromatic rings. The van der Waals surface area contributed by atoms with Crippen molar-refractivity contribution in [2.45, 2.75) is 45.4 Å². The highest BCUT2D eigenvalue weighted by Gasteiger charge is 2.24. The van der Waals surface area contributed by atoms with Gasteiger partial charge in [-0.2, -0.15) is 0 Å². The second-order valence-electron chi connectivity index (χ2n) is 6.01. The third kappa shape index (κ3) is 3.12. The van der Waals surface area contributed by atoms with Crippen LogP contribution in [-0.4, -0.2) is 23.9 Å². The molecular formula is C18H23NO. The van der Waals surface area contributed by atoms with E-state index in [1.54, 1.807) is 11.1 Å². The molecule has 2 fully saturated rings. The van der Waals surface area contributed by atoms with Crippen molar-refractivity contribution in [3.63, 3.8) is 0 Å². The van der Waals surface area contributed by atoms with Crippen molar-refractivity contribution in [3.05, 3.63) is 46.5 Å². The van der Waals surface area contributed by atoms with Gasteiger partial charge in [0.15, 0.2) is 0 Å². The predicted octanol–water partition coefficient (Wildman–Crippen LogP) is 3.64. The zero-order valence-electron chi connectivity index (χ0n) is 12.3. The van der Waals surface area contributed by atoms with Crippen molar-refractivity contribution in [2.24, 2.45) is 0 Å². The molecule has 2 aliphatic rings. The highest BCUT2D eigenvalue weighted by Crippen LogP contribution is 2.36. The zero-order chi connectivity index (χ0) is 13.9. The summed E-state index contributed by atoms with van der Waals surface area (Å²) in [5.74, 6) is 0.327. The van der Waals surface area contributed by atoms with Crippen molar-refractivity contribution in [1.29, 1.82) is 0 Å². The first kappa shape index (κ1) is 13.4. The minimum absolute atomic E-state index is 0.327. The Labute approximate surface area is 121 Å². The smallest absolute Gasteiger partial charge is 0.222 e. The molecule has 106 valence electrons. The molecule has 1 aliphatic heterocycles. The summed E-state index contributed by atoms with van der Waals surface area (Å²) in [6, 6.07) is 8.36. The van der Waals surface area contributed by atoms with E-state index in [1.165, 1.54) is 24.0 Å².